The smallest absolute Gasteiger partial charge is 0.343 e. The number of rotatable bonds is 16. The largest absolute Gasteiger partial charge is 0.494 e. The van der Waals surface area contributed by atoms with Crippen molar-refractivity contribution >= 4 is 5.97 Å². The van der Waals surface area contributed by atoms with Gasteiger partial charge in [-0.2, -0.15) is 0 Å². The first-order valence-electron chi connectivity index (χ1n) is 13.9. The number of esters is 1. The second-order valence-electron chi connectivity index (χ2n) is 9.54. The van der Waals surface area contributed by atoms with E-state index in [2.05, 4.69) is 26.0 Å². The summed E-state index contributed by atoms with van der Waals surface area (Å²) in [4.78, 5) is 12.6. The summed E-state index contributed by atoms with van der Waals surface area (Å²) in [5.74, 6) is 1.05. The van der Waals surface area contributed by atoms with Gasteiger partial charge in [-0.15, -0.1) is 0 Å². The lowest BCUT2D eigenvalue weighted by Crippen LogP contribution is -2.09. The van der Waals surface area contributed by atoms with Crippen molar-refractivity contribution in [3.63, 3.8) is 0 Å². The summed E-state index contributed by atoms with van der Waals surface area (Å²) < 4.78 is 17.2. The van der Waals surface area contributed by atoms with Crippen molar-refractivity contribution in [1.82, 2.24) is 0 Å². The van der Waals surface area contributed by atoms with Crippen LogP contribution < -0.4 is 9.47 Å². The third-order valence-electron chi connectivity index (χ3n) is 6.46. The average Bonchev–Trinajstić information content (AvgIpc) is 2.94. The maximum absolute atomic E-state index is 12.6. The second-order valence-corrected chi connectivity index (χ2v) is 9.54. The number of benzene rings is 3. The Morgan fingerprint density at radius 3 is 1.81 bits per heavy atom. The van der Waals surface area contributed by atoms with Gasteiger partial charge in [0.2, 0.25) is 0 Å². The number of hydrogen-bond acceptors (Lipinski definition) is 4. The highest BCUT2D eigenvalue weighted by atomic mass is 16.5. The summed E-state index contributed by atoms with van der Waals surface area (Å²) in [6.45, 7) is 7.84. The molecule has 4 nitrogen and oxygen atoms in total. The molecule has 3 aromatic rings. The van der Waals surface area contributed by atoms with Crippen molar-refractivity contribution in [2.24, 2.45) is 0 Å². The fraction of sp³-hybridized carbons (Fsp3) is 0.424. The lowest BCUT2D eigenvalue weighted by molar-refractivity contribution is 0.0660. The van der Waals surface area contributed by atoms with E-state index in [9.17, 15) is 4.79 Å². The van der Waals surface area contributed by atoms with E-state index in [1.807, 2.05) is 55.5 Å². The van der Waals surface area contributed by atoms with E-state index in [0.717, 1.165) is 48.5 Å². The standard InChI is InChI=1S/C33H42O4/c1-4-6-7-8-9-10-11-25-36-31-20-16-28(17-21-31)29-18-22-32(23-19-29)37-33(34)30-14-12-27(13-15-30)26(3)35-24-5-2/h12-23,26H,4-11,24-25H2,1-3H3. The Bertz CT molecular complexity index is 1040. The molecule has 1 atom stereocenters. The van der Waals surface area contributed by atoms with Crippen LogP contribution in [0.1, 0.15) is 94.2 Å². The van der Waals surface area contributed by atoms with Crippen LogP contribution in [-0.2, 0) is 4.74 Å². The van der Waals surface area contributed by atoms with Crippen LogP contribution in [0.5, 0.6) is 11.5 Å². The van der Waals surface area contributed by atoms with E-state index in [4.69, 9.17) is 14.2 Å². The zero-order chi connectivity index (χ0) is 26.3. The zero-order valence-corrected chi connectivity index (χ0v) is 22.7. The van der Waals surface area contributed by atoms with Crippen LogP contribution in [0.3, 0.4) is 0 Å². The lowest BCUT2D eigenvalue weighted by Gasteiger charge is -2.13. The van der Waals surface area contributed by atoms with Crippen LogP contribution in [0.25, 0.3) is 11.1 Å². The fourth-order valence-electron chi connectivity index (χ4n) is 4.16. The Hall–Kier alpha value is -3.11. The first kappa shape index (κ1) is 28.5. The highest BCUT2D eigenvalue weighted by molar-refractivity contribution is 5.91. The number of unbranched alkanes of at least 4 members (excludes halogenated alkanes) is 6. The molecule has 1 unspecified atom stereocenters. The van der Waals surface area contributed by atoms with Crippen molar-refractivity contribution in [3.8, 4) is 22.6 Å². The molecule has 0 radical (unpaired) electrons. The van der Waals surface area contributed by atoms with Crippen LogP contribution in [0.15, 0.2) is 72.8 Å². The molecule has 0 amide bonds. The average molecular weight is 503 g/mol. The summed E-state index contributed by atoms with van der Waals surface area (Å²) in [7, 11) is 0. The van der Waals surface area contributed by atoms with Gasteiger partial charge in [-0.3, -0.25) is 0 Å². The van der Waals surface area contributed by atoms with Gasteiger partial charge in [0.15, 0.2) is 0 Å². The Morgan fingerprint density at radius 1 is 0.649 bits per heavy atom. The molecule has 0 aromatic heterocycles. The van der Waals surface area contributed by atoms with Gasteiger partial charge in [-0.05, 0) is 72.9 Å². The molecule has 198 valence electrons. The molecule has 37 heavy (non-hydrogen) atoms. The van der Waals surface area contributed by atoms with Crippen molar-refractivity contribution in [1.29, 1.82) is 0 Å². The number of ether oxygens (including phenoxy) is 3. The number of hydrogen-bond donors (Lipinski definition) is 0. The maximum Gasteiger partial charge on any atom is 0.343 e. The van der Waals surface area contributed by atoms with Crippen molar-refractivity contribution < 1.29 is 19.0 Å². The van der Waals surface area contributed by atoms with Crippen LogP contribution in [0, 0.1) is 0 Å². The molecule has 0 saturated carbocycles. The Balaban J connectivity index is 1.45. The number of carbonyl (C=O) groups is 1. The van der Waals surface area contributed by atoms with E-state index in [-0.39, 0.29) is 12.1 Å². The normalized spacial score (nSPS) is 11.8. The van der Waals surface area contributed by atoms with Gasteiger partial charge in [-0.1, -0.05) is 88.8 Å². The van der Waals surface area contributed by atoms with Crippen LogP contribution >= 0.6 is 0 Å². The van der Waals surface area contributed by atoms with Gasteiger partial charge in [0, 0.05) is 6.61 Å². The van der Waals surface area contributed by atoms with E-state index in [1.165, 1.54) is 38.5 Å². The monoisotopic (exact) mass is 502 g/mol. The van der Waals surface area contributed by atoms with Crippen molar-refractivity contribution in [2.75, 3.05) is 13.2 Å². The molecule has 4 heteroatoms. The fourth-order valence-corrected chi connectivity index (χ4v) is 4.16. The summed E-state index contributed by atoms with van der Waals surface area (Å²) in [6.07, 6.45) is 9.94. The molecule has 0 aliphatic heterocycles. The first-order valence-corrected chi connectivity index (χ1v) is 13.9. The Kier molecular flexibility index (Phi) is 12.2. The highest BCUT2D eigenvalue weighted by Gasteiger charge is 2.11. The topological polar surface area (TPSA) is 44.8 Å². The van der Waals surface area contributed by atoms with E-state index < -0.39 is 0 Å². The summed E-state index contributed by atoms with van der Waals surface area (Å²) in [6, 6.07) is 23.2. The minimum Gasteiger partial charge on any atom is -0.494 e. The predicted molar refractivity (Wildman–Crippen MR) is 151 cm³/mol. The van der Waals surface area contributed by atoms with E-state index in [0.29, 0.717) is 11.3 Å². The third-order valence-corrected chi connectivity index (χ3v) is 6.46. The predicted octanol–water partition coefficient (Wildman–Crippen LogP) is 9.19. The van der Waals surface area contributed by atoms with Crippen LogP contribution in [0.2, 0.25) is 0 Å². The van der Waals surface area contributed by atoms with Crippen LogP contribution in [-0.4, -0.2) is 19.2 Å². The van der Waals surface area contributed by atoms with E-state index in [1.54, 1.807) is 12.1 Å². The molecule has 0 N–H and O–H groups in total. The van der Waals surface area contributed by atoms with Crippen molar-refractivity contribution in [3.05, 3.63) is 83.9 Å². The molecular weight excluding hydrogens is 460 g/mol. The van der Waals surface area contributed by atoms with Gasteiger partial charge in [0.1, 0.15) is 11.5 Å². The molecule has 0 aliphatic rings. The summed E-state index contributed by atoms with van der Waals surface area (Å²) in [5.41, 5.74) is 3.71. The maximum atomic E-state index is 12.6. The molecule has 0 aliphatic carbocycles. The Morgan fingerprint density at radius 2 is 1.22 bits per heavy atom. The van der Waals surface area contributed by atoms with Gasteiger partial charge in [-0.25, -0.2) is 4.79 Å². The lowest BCUT2D eigenvalue weighted by atomic mass is 10.1. The molecule has 3 aromatic carbocycles. The van der Waals surface area contributed by atoms with Gasteiger partial charge in [0.05, 0.1) is 18.3 Å². The quantitative estimate of drug-likeness (QED) is 0.111. The Labute approximate surface area is 223 Å². The molecular formula is C33H42O4. The summed E-state index contributed by atoms with van der Waals surface area (Å²) >= 11 is 0. The van der Waals surface area contributed by atoms with E-state index >= 15 is 0 Å². The molecule has 0 spiro atoms. The van der Waals surface area contributed by atoms with Gasteiger partial charge < -0.3 is 14.2 Å². The van der Waals surface area contributed by atoms with Gasteiger partial charge in [0.25, 0.3) is 0 Å². The SMILES string of the molecule is CCCCCCCCCOc1ccc(-c2ccc(OC(=O)c3ccc(C(C)OCCC)cc3)cc2)cc1. The molecule has 0 fully saturated rings. The molecule has 0 bridgehead atoms. The number of carbonyl (C=O) groups excluding carboxylic acids is 1. The highest BCUT2D eigenvalue weighted by Crippen LogP contribution is 2.25. The molecule has 0 heterocycles. The van der Waals surface area contributed by atoms with Crippen molar-refractivity contribution in [2.45, 2.75) is 78.2 Å². The van der Waals surface area contributed by atoms with Gasteiger partial charge >= 0.3 is 5.97 Å². The molecule has 3 rings (SSSR count). The minimum atomic E-state index is -0.371. The van der Waals surface area contributed by atoms with Crippen LogP contribution in [0.4, 0.5) is 0 Å². The first-order chi connectivity index (χ1) is 18.1. The second kappa shape index (κ2) is 15.9. The summed E-state index contributed by atoms with van der Waals surface area (Å²) in [5, 5.41) is 0. The molecule has 0 saturated heterocycles. The zero-order valence-electron chi connectivity index (χ0n) is 22.7. The third kappa shape index (κ3) is 9.70. The minimum absolute atomic E-state index is 0.00305.